The molecule has 106 valence electrons. The number of pyridine rings is 1. The number of rotatable bonds is 2. The second kappa shape index (κ2) is 5.03. The van der Waals surface area contributed by atoms with E-state index in [1.165, 1.54) is 13.2 Å². The minimum absolute atomic E-state index is 0.121. The van der Waals surface area contributed by atoms with E-state index in [4.69, 9.17) is 21.1 Å². The molecule has 0 N–H and O–H groups in total. The highest BCUT2D eigenvalue weighted by atomic mass is 35.5. The van der Waals surface area contributed by atoms with Crippen molar-refractivity contribution < 1.29 is 14.3 Å². The molecule has 0 radical (unpaired) electrons. The lowest BCUT2D eigenvalue weighted by Crippen LogP contribution is -2.08. The summed E-state index contributed by atoms with van der Waals surface area (Å²) in [6.07, 6.45) is 3.57. The molecule has 0 amide bonds. The zero-order valence-electron chi connectivity index (χ0n) is 11.2. The van der Waals surface area contributed by atoms with Gasteiger partial charge in [-0.15, -0.1) is 10.2 Å². The van der Waals surface area contributed by atoms with Gasteiger partial charge in [-0.3, -0.25) is 4.40 Å². The standard InChI is InChI=1S/C13H14ClN3O3/c1-7-3-4-10(20-7)12-16-15-11-9(14)5-8(6-17(11)12)13(18)19-2/h5-7,10H,3-4H2,1-2H3. The summed E-state index contributed by atoms with van der Waals surface area (Å²) < 4.78 is 12.2. The zero-order chi connectivity index (χ0) is 14.3. The summed E-state index contributed by atoms with van der Waals surface area (Å²) in [5, 5.41) is 8.57. The molecule has 1 saturated heterocycles. The van der Waals surface area contributed by atoms with Gasteiger partial charge in [0.25, 0.3) is 0 Å². The molecule has 0 aliphatic carbocycles. The Kier molecular flexibility index (Phi) is 3.35. The monoisotopic (exact) mass is 295 g/mol. The molecule has 0 aromatic carbocycles. The Morgan fingerprint density at radius 1 is 1.50 bits per heavy atom. The van der Waals surface area contributed by atoms with Crippen molar-refractivity contribution in [2.45, 2.75) is 32.0 Å². The zero-order valence-corrected chi connectivity index (χ0v) is 11.9. The van der Waals surface area contributed by atoms with Crippen LogP contribution in [0.4, 0.5) is 0 Å². The SMILES string of the molecule is COC(=O)c1cc(Cl)c2nnc(C3CCC(C)O3)n2c1. The quantitative estimate of drug-likeness (QED) is 0.796. The van der Waals surface area contributed by atoms with Gasteiger partial charge in [0.15, 0.2) is 11.5 Å². The summed E-state index contributed by atoms with van der Waals surface area (Å²) in [7, 11) is 1.33. The van der Waals surface area contributed by atoms with Gasteiger partial charge in [0, 0.05) is 6.20 Å². The van der Waals surface area contributed by atoms with Crippen LogP contribution in [0.25, 0.3) is 5.65 Å². The summed E-state index contributed by atoms with van der Waals surface area (Å²) in [5.74, 6) is 0.214. The van der Waals surface area contributed by atoms with Crippen LogP contribution < -0.4 is 0 Å². The Hall–Kier alpha value is -1.66. The molecule has 20 heavy (non-hydrogen) atoms. The van der Waals surface area contributed by atoms with Crippen LogP contribution in [0, 0.1) is 0 Å². The number of aromatic nitrogens is 3. The first-order valence-electron chi connectivity index (χ1n) is 6.38. The number of methoxy groups -OCH3 is 1. The van der Waals surface area contributed by atoms with Gasteiger partial charge in [-0.2, -0.15) is 0 Å². The molecule has 7 heteroatoms. The lowest BCUT2D eigenvalue weighted by Gasteiger charge is -2.10. The number of hydrogen-bond donors (Lipinski definition) is 0. The topological polar surface area (TPSA) is 65.7 Å². The van der Waals surface area contributed by atoms with Gasteiger partial charge >= 0.3 is 5.97 Å². The molecule has 6 nitrogen and oxygen atoms in total. The van der Waals surface area contributed by atoms with Gasteiger partial charge in [0.2, 0.25) is 0 Å². The van der Waals surface area contributed by atoms with E-state index in [1.807, 2.05) is 6.92 Å². The largest absolute Gasteiger partial charge is 0.465 e. The second-order valence-electron chi connectivity index (χ2n) is 4.83. The summed E-state index contributed by atoms with van der Waals surface area (Å²) in [6.45, 7) is 2.02. The molecule has 3 heterocycles. The fraction of sp³-hybridized carbons (Fsp3) is 0.462. The molecular formula is C13H14ClN3O3. The van der Waals surface area contributed by atoms with Gasteiger partial charge in [0.05, 0.1) is 23.8 Å². The van der Waals surface area contributed by atoms with Crippen LogP contribution in [0.5, 0.6) is 0 Å². The van der Waals surface area contributed by atoms with Crippen LogP contribution >= 0.6 is 11.6 Å². The van der Waals surface area contributed by atoms with Crippen molar-refractivity contribution in [1.82, 2.24) is 14.6 Å². The Labute approximate surface area is 120 Å². The molecule has 2 atom stereocenters. The number of halogens is 1. The van der Waals surface area contributed by atoms with Crippen LogP contribution in [-0.4, -0.2) is 33.8 Å². The molecular weight excluding hydrogens is 282 g/mol. The average molecular weight is 296 g/mol. The predicted molar refractivity (Wildman–Crippen MR) is 71.9 cm³/mol. The highest BCUT2D eigenvalue weighted by molar-refractivity contribution is 6.33. The summed E-state index contributed by atoms with van der Waals surface area (Å²) in [5.41, 5.74) is 0.870. The van der Waals surface area contributed by atoms with E-state index in [0.29, 0.717) is 22.1 Å². The molecule has 1 aliphatic rings. The summed E-state index contributed by atoms with van der Waals surface area (Å²) >= 11 is 6.14. The summed E-state index contributed by atoms with van der Waals surface area (Å²) in [4.78, 5) is 11.6. The van der Waals surface area contributed by atoms with Crippen molar-refractivity contribution in [3.63, 3.8) is 0 Å². The third kappa shape index (κ3) is 2.14. The lowest BCUT2D eigenvalue weighted by molar-refractivity contribution is 0.0495. The minimum Gasteiger partial charge on any atom is -0.465 e. The second-order valence-corrected chi connectivity index (χ2v) is 5.24. The number of esters is 1. The minimum atomic E-state index is -0.450. The molecule has 2 unspecified atom stereocenters. The van der Waals surface area contributed by atoms with Gasteiger partial charge in [-0.05, 0) is 25.8 Å². The van der Waals surface area contributed by atoms with Crippen molar-refractivity contribution in [3.05, 3.63) is 28.7 Å². The van der Waals surface area contributed by atoms with Crippen LogP contribution in [-0.2, 0) is 9.47 Å². The van der Waals surface area contributed by atoms with Gasteiger partial charge < -0.3 is 9.47 Å². The fourth-order valence-electron chi connectivity index (χ4n) is 2.41. The van der Waals surface area contributed by atoms with E-state index >= 15 is 0 Å². The fourth-order valence-corrected chi connectivity index (χ4v) is 2.66. The molecule has 3 rings (SSSR count). The Bertz CT molecular complexity index is 670. The van der Waals surface area contributed by atoms with Crippen molar-refractivity contribution in [2.75, 3.05) is 7.11 Å². The number of carbonyl (C=O) groups excluding carboxylic acids is 1. The van der Waals surface area contributed by atoms with Crippen LogP contribution in [0.3, 0.4) is 0 Å². The number of carbonyl (C=O) groups is 1. The number of fused-ring (bicyclic) bond motifs is 1. The Morgan fingerprint density at radius 3 is 2.95 bits per heavy atom. The van der Waals surface area contributed by atoms with E-state index in [0.717, 1.165) is 12.8 Å². The first-order chi connectivity index (χ1) is 9.60. The van der Waals surface area contributed by atoms with Crippen molar-refractivity contribution >= 4 is 23.2 Å². The number of hydrogen-bond acceptors (Lipinski definition) is 5. The van der Waals surface area contributed by atoms with E-state index in [1.54, 1.807) is 10.6 Å². The smallest absolute Gasteiger partial charge is 0.339 e. The van der Waals surface area contributed by atoms with Crippen LogP contribution in [0.15, 0.2) is 12.3 Å². The van der Waals surface area contributed by atoms with Gasteiger partial charge in [-0.25, -0.2) is 4.79 Å². The summed E-state index contributed by atoms with van der Waals surface area (Å²) in [6, 6.07) is 1.53. The van der Waals surface area contributed by atoms with E-state index < -0.39 is 5.97 Å². The number of ether oxygens (including phenoxy) is 2. The first kappa shape index (κ1) is 13.3. The molecule has 0 spiro atoms. The molecule has 1 aliphatic heterocycles. The third-order valence-corrected chi connectivity index (χ3v) is 3.71. The maximum atomic E-state index is 11.6. The average Bonchev–Trinajstić information content (AvgIpc) is 3.03. The molecule has 0 saturated carbocycles. The normalized spacial score (nSPS) is 22.4. The third-order valence-electron chi connectivity index (χ3n) is 3.43. The lowest BCUT2D eigenvalue weighted by atomic mass is 10.2. The maximum Gasteiger partial charge on any atom is 0.339 e. The van der Waals surface area contributed by atoms with E-state index in [2.05, 4.69) is 10.2 Å². The number of nitrogens with zero attached hydrogens (tertiary/aromatic N) is 3. The Balaban J connectivity index is 2.10. The highest BCUT2D eigenvalue weighted by Crippen LogP contribution is 2.32. The Morgan fingerprint density at radius 2 is 2.30 bits per heavy atom. The van der Waals surface area contributed by atoms with E-state index in [-0.39, 0.29) is 12.2 Å². The van der Waals surface area contributed by atoms with Crippen molar-refractivity contribution in [3.8, 4) is 0 Å². The van der Waals surface area contributed by atoms with Crippen molar-refractivity contribution in [2.24, 2.45) is 0 Å². The highest BCUT2D eigenvalue weighted by Gasteiger charge is 2.28. The molecule has 2 aromatic rings. The van der Waals surface area contributed by atoms with Gasteiger partial charge in [0.1, 0.15) is 6.10 Å². The molecule has 0 bridgehead atoms. The molecule has 1 fully saturated rings. The van der Waals surface area contributed by atoms with Crippen LogP contribution in [0.1, 0.15) is 42.1 Å². The maximum absolute atomic E-state index is 11.6. The van der Waals surface area contributed by atoms with Crippen molar-refractivity contribution in [1.29, 1.82) is 0 Å². The van der Waals surface area contributed by atoms with Crippen LogP contribution in [0.2, 0.25) is 5.02 Å². The predicted octanol–water partition coefficient (Wildman–Crippen LogP) is 2.41. The van der Waals surface area contributed by atoms with E-state index in [9.17, 15) is 4.79 Å². The molecule has 2 aromatic heterocycles. The van der Waals surface area contributed by atoms with Gasteiger partial charge in [-0.1, -0.05) is 11.6 Å². The first-order valence-corrected chi connectivity index (χ1v) is 6.76.